The lowest BCUT2D eigenvalue weighted by molar-refractivity contribution is -0.339. The van der Waals surface area contributed by atoms with Crippen LogP contribution in [0.25, 0.3) is 21.6 Å². The van der Waals surface area contributed by atoms with Crippen LogP contribution in [0.3, 0.4) is 0 Å². The molecule has 0 radical (unpaired) electrons. The number of nitrogens with two attached hydrogens (primary N) is 1. The van der Waals surface area contributed by atoms with E-state index in [1.54, 1.807) is 0 Å². The van der Waals surface area contributed by atoms with Gasteiger partial charge < -0.3 is 39.1 Å². The molecule has 1 saturated heterocycles. The van der Waals surface area contributed by atoms with E-state index in [0.29, 0.717) is 0 Å². The van der Waals surface area contributed by atoms with Crippen molar-refractivity contribution in [2.75, 3.05) is 12.3 Å². The molecule has 1 aliphatic rings. The fourth-order valence-corrected chi connectivity index (χ4v) is 5.62. The van der Waals surface area contributed by atoms with Crippen LogP contribution in [0.15, 0.2) is 17.8 Å². The number of rotatable bonds is 9. The van der Waals surface area contributed by atoms with Crippen molar-refractivity contribution in [2.24, 2.45) is 5.11 Å². The Morgan fingerprint density at radius 3 is 2.59 bits per heavy atom. The molecule has 0 aliphatic carbocycles. The summed E-state index contributed by atoms with van der Waals surface area (Å²) in [5, 5.41) is 3.48. The summed E-state index contributed by atoms with van der Waals surface area (Å²) in [5.41, 5.74) is 15.0. The second kappa shape index (κ2) is 9.11. The number of phosphoric acid groups is 3. The number of hydrogen-bond acceptors (Lipinski definition) is 16. The maximum Gasteiger partial charge on any atom is 0.278 e. The first kappa shape index (κ1) is 24.7. The van der Waals surface area contributed by atoms with Crippen molar-refractivity contribution >= 4 is 40.4 Å². The van der Waals surface area contributed by atoms with Crippen LogP contribution in [0.2, 0.25) is 0 Å². The van der Waals surface area contributed by atoms with E-state index in [-0.39, 0.29) is 23.4 Å². The highest BCUT2D eigenvalue weighted by molar-refractivity contribution is 7.64. The maximum absolute atomic E-state index is 11.7. The first-order chi connectivity index (χ1) is 14.8. The first-order valence-corrected chi connectivity index (χ1v) is 12.5. The standard InChI is InChI=1S/C10H15N8O11P3/c11-9-8-10(14-3-13-9)18(4-15-8)7-1-5(16-17-12)6(27-7)2-26-31(22,23)29-32(24,25)28-30(19,20)21/h3-7H,1-2H2,(H,22,23)(H,24,25)(H2,11,13,14)(H2,19,20,21)/p-4. The van der Waals surface area contributed by atoms with Crippen molar-refractivity contribution in [3.8, 4) is 0 Å². The van der Waals surface area contributed by atoms with Crippen molar-refractivity contribution in [3.63, 3.8) is 0 Å². The molecule has 0 aromatic carbocycles. The molecule has 19 nitrogen and oxygen atoms in total. The van der Waals surface area contributed by atoms with Crippen LogP contribution in [-0.4, -0.2) is 38.3 Å². The lowest BCUT2D eigenvalue weighted by Gasteiger charge is -2.37. The van der Waals surface area contributed by atoms with Gasteiger partial charge in [-0.2, -0.15) is 0 Å². The molecule has 0 saturated carbocycles. The van der Waals surface area contributed by atoms with E-state index in [1.165, 1.54) is 17.2 Å². The fourth-order valence-electron chi connectivity index (χ4n) is 2.75. The number of nitrogen functional groups attached to an aromatic ring is 1. The van der Waals surface area contributed by atoms with Gasteiger partial charge in [-0.05, 0) is 5.53 Å². The van der Waals surface area contributed by atoms with E-state index in [1.807, 2.05) is 0 Å². The second-order valence-corrected chi connectivity index (χ2v) is 10.3. The van der Waals surface area contributed by atoms with Gasteiger partial charge in [0, 0.05) is 11.3 Å². The van der Waals surface area contributed by atoms with Gasteiger partial charge in [0.2, 0.25) is 0 Å². The van der Waals surface area contributed by atoms with Crippen molar-refractivity contribution in [3.05, 3.63) is 23.1 Å². The van der Waals surface area contributed by atoms with Crippen LogP contribution in [0.1, 0.15) is 12.6 Å². The number of ether oxygens (including phenoxy) is 1. The Kier molecular flexibility index (Phi) is 7.02. The van der Waals surface area contributed by atoms with E-state index in [0.717, 1.165) is 0 Å². The van der Waals surface area contributed by atoms with Crippen molar-refractivity contribution < 1.29 is 51.2 Å². The molecule has 1 fully saturated rings. The molecule has 22 heteroatoms. The molecule has 1 aliphatic heterocycles. The predicted octanol–water partition coefficient (Wildman–Crippen LogP) is -1.81. The topological polar surface area (TPSA) is 299 Å². The van der Waals surface area contributed by atoms with Crippen molar-refractivity contribution in [2.45, 2.75) is 24.8 Å². The van der Waals surface area contributed by atoms with E-state index in [2.05, 4.69) is 38.1 Å². The first-order valence-electron chi connectivity index (χ1n) is 8.14. The second-order valence-electron chi connectivity index (χ2n) is 6.02. The summed E-state index contributed by atoms with van der Waals surface area (Å²) in [5.74, 6) is 0.0904. The third-order valence-electron chi connectivity index (χ3n) is 3.90. The lowest BCUT2D eigenvalue weighted by atomic mass is 10.1. The molecule has 0 bridgehead atoms. The van der Waals surface area contributed by atoms with Crippen LogP contribution in [0.4, 0.5) is 5.82 Å². The third kappa shape index (κ3) is 6.08. The molecule has 32 heavy (non-hydrogen) atoms. The summed E-state index contributed by atoms with van der Waals surface area (Å²) in [4.78, 5) is 58.1. The molecule has 2 aromatic heterocycles. The van der Waals surface area contributed by atoms with E-state index >= 15 is 0 Å². The van der Waals surface area contributed by atoms with Gasteiger partial charge in [0.05, 0.1) is 32.9 Å². The van der Waals surface area contributed by atoms with Crippen LogP contribution >= 0.6 is 23.5 Å². The minimum absolute atomic E-state index is 0.0101. The number of imidazole rings is 1. The molecule has 0 amide bonds. The summed E-state index contributed by atoms with van der Waals surface area (Å²) in [6.07, 6.45) is 0.401. The van der Waals surface area contributed by atoms with Crippen molar-refractivity contribution in [1.29, 1.82) is 0 Å². The van der Waals surface area contributed by atoms with Gasteiger partial charge in [0.25, 0.3) is 15.6 Å². The average molecular weight is 512 g/mol. The molecule has 5 atom stereocenters. The molecule has 0 spiro atoms. The zero-order chi connectivity index (χ0) is 23.7. The Bertz CT molecular complexity index is 1190. The summed E-state index contributed by atoms with van der Waals surface area (Å²) in [6, 6.07) is -0.986. The fraction of sp³-hybridized carbons (Fsp3) is 0.500. The number of azide groups is 1. The SMILES string of the molecule is [N-]=[N+]=NC1CC(n2cnc3c(N)ncnc32)OC1COP(=O)([O-])OP(=O)([O-])OP(=O)([O-])[O-]. The highest BCUT2D eigenvalue weighted by atomic mass is 31.3. The molecular formula is C10H11N8O11P3-4. The van der Waals surface area contributed by atoms with Crippen LogP contribution < -0.4 is 25.3 Å². The molecule has 3 heterocycles. The third-order valence-corrected chi connectivity index (χ3v) is 7.56. The molecule has 2 N–H and O–H groups in total. The van der Waals surface area contributed by atoms with E-state index in [9.17, 15) is 33.3 Å². The van der Waals surface area contributed by atoms with E-state index in [4.69, 9.17) is 16.0 Å². The Morgan fingerprint density at radius 2 is 1.94 bits per heavy atom. The Labute approximate surface area is 177 Å². The molecule has 176 valence electrons. The van der Waals surface area contributed by atoms with Crippen LogP contribution in [-0.2, 0) is 31.6 Å². The molecule has 2 aromatic rings. The maximum atomic E-state index is 11.7. The Hall–Kier alpha value is -1.97. The molecular weight excluding hydrogens is 501 g/mol. The Balaban J connectivity index is 1.72. The number of anilines is 1. The number of nitrogens with zero attached hydrogens (tertiary/aromatic N) is 7. The lowest BCUT2D eigenvalue weighted by Crippen LogP contribution is -2.26. The highest BCUT2D eigenvalue weighted by Gasteiger charge is 2.38. The van der Waals surface area contributed by atoms with Gasteiger partial charge in [0.1, 0.15) is 18.1 Å². The summed E-state index contributed by atoms with van der Waals surface area (Å²) >= 11 is 0. The van der Waals surface area contributed by atoms with Gasteiger partial charge in [-0.15, -0.1) is 0 Å². The van der Waals surface area contributed by atoms with Gasteiger partial charge in [-0.3, -0.25) is 18.0 Å². The largest absolute Gasteiger partial charge is 0.790 e. The van der Waals surface area contributed by atoms with Gasteiger partial charge >= 0.3 is 0 Å². The van der Waals surface area contributed by atoms with Crippen molar-refractivity contribution in [1.82, 2.24) is 19.5 Å². The van der Waals surface area contributed by atoms with Crippen LogP contribution in [0.5, 0.6) is 0 Å². The minimum Gasteiger partial charge on any atom is -0.790 e. The Morgan fingerprint density at radius 1 is 1.22 bits per heavy atom. The monoisotopic (exact) mass is 512 g/mol. The quantitative estimate of drug-likeness (QED) is 0.167. The number of fused-ring (bicyclic) bond motifs is 1. The zero-order valence-electron chi connectivity index (χ0n) is 15.3. The average Bonchev–Trinajstić information content (AvgIpc) is 3.22. The van der Waals surface area contributed by atoms with Gasteiger partial charge in [0.15, 0.2) is 11.5 Å². The minimum atomic E-state index is -6.12. The highest BCUT2D eigenvalue weighted by Crippen LogP contribution is 2.60. The van der Waals surface area contributed by atoms with E-state index < -0.39 is 48.4 Å². The summed E-state index contributed by atoms with van der Waals surface area (Å²) in [7, 11) is -18.0. The normalized spacial score (nSPS) is 25.2. The van der Waals surface area contributed by atoms with Crippen LogP contribution in [0, 0.1) is 0 Å². The zero-order valence-corrected chi connectivity index (χ0v) is 18.0. The smallest absolute Gasteiger partial charge is 0.278 e. The molecule has 3 rings (SSSR count). The van der Waals surface area contributed by atoms with Gasteiger partial charge in [-0.1, -0.05) is 5.11 Å². The summed E-state index contributed by atoms with van der Waals surface area (Å²) in [6.45, 7) is -0.906. The molecule has 5 unspecified atom stereocenters. The number of hydrogen-bond donors (Lipinski definition) is 1. The van der Waals surface area contributed by atoms with Gasteiger partial charge in [-0.25, -0.2) is 19.3 Å². The number of phosphoric ester groups is 1. The summed E-state index contributed by atoms with van der Waals surface area (Å²) < 4.78 is 51.2. The number of aromatic nitrogens is 4. The predicted molar refractivity (Wildman–Crippen MR) is 92.1 cm³/mol.